The van der Waals surface area contributed by atoms with Crippen LogP contribution < -0.4 is 4.90 Å². The average molecular weight is 397 g/mol. The van der Waals surface area contributed by atoms with E-state index in [2.05, 4.69) is 15.1 Å². The van der Waals surface area contributed by atoms with Gasteiger partial charge in [-0.25, -0.2) is 4.98 Å². The zero-order chi connectivity index (χ0) is 19.8. The topological polar surface area (TPSA) is 67.5 Å². The second kappa shape index (κ2) is 7.32. The molecule has 2 aromatic rings. The summed E-state index contributed by atoms with van der Waals surface area (Å²) in [5.74, 6) is 0.496. The van der Waals surface area contributed by atoms with Gasteiger partial charge in [0.2, 0.25) is 5.89 Å². The summed E-state index contributed by atoms with van der Waals surface area (Å²) in [6.07, 6.45) is -1.64. The summed E-state index contributed by atoms with van der Waals surface area (Å²) >= 11 is 0. The quantitative estimate of drug-likeness (QED) is 0.786. The van der Waals surface area contributed by atoms with E-state index in [1.807, 2.05) is 5.06 Å². The molecule has 0 bridgehead atoms. The second-order valence-electron chi connectivity index (χ2n) is 7.28. The zero-order valence-corrected chi connectivity index (χ0v) is 15.5. The summed E-state index contributed by atoms with van der Waals surface area (Å²) < 4.78 is 47.6. The van der Waals surface area contributed by atoms with Crippen molar-refractivity contribution in [1.82, 2.24) is 20.2 Å². The standard InChI is InChI=1S/C18H22F3N5O2/c1-27-26-9-5-13(6-10-26)15-23-16(28-24-15)17(18(19,20)21)7-11-25(12-17)14-4-2-3-8-22-14/h2-4,8,13H,5-7,9-12H2,1H3. The summed E-state index contributed by atoms with van der Waals surface area (Å²) in [5.41, 5.74) is -2.18. The molecule has 0 aromatic carbocycles. The molecule has 28 heavy (non-hydrogen) atoms. The number of piperidine rings is 1. The molecule has 4 rings (SSSR count). The summed E-state index contributed by atoms with van der Waals surface area (Å²) in [7, 11) is 1.60. The number of hydroxylamine groups is 2. The molecule has 2 saturated heterocycles. The number of rotatable bonds is 4. The van der Waals surface area contributed by atoms with Crippen molar-refractivity contribution < 1.29 is 22.5 Å². The predicted octanol–water partition coefficient (Wildman–Crippen LogP) is 2.92. The number of hydrogen-bond donors (Lipinski definition) is 0. The summed E-state index contributed by atoms with van der Waals surface area (Å²) in [5, 5.41) is 5.73. The molecule has 1 atom stereocenters. The van der Waals surface area contributed by atoms with Crippen molar-refractivity contribution in [3.05, 3.63) is 36.1 Å². The molecule has 152 valence electrons. The van der Waals surface area contributed by atoms with Crippen molar-refractivity contribution in [2.24, 2.45) is 0 Å². The van der Waals surface area contributed by atoms with Crippen LogP contribution in [0.5, 0.6) is 0 Å². The van der Waals surface area contributed by atoms with Crippen molar-refractivity contribution >= 4 is 5.82 Å². The maximum absolute atomic E-state index is 14.1. The molecule has 0 spiro atoms. The average Bonchev–Trinajstić information content (AvgIpc) is 3.37. The minimum atomic E-state index is -4.50. The molecule has 0 amide bonds. The van der Waals surface area contributed by atoms with Crippen LogP contribution in [0, 0.1) is 0 Å². The smallest absolute Gasteiger partial charge is 0.355 e. The number of hydrogen-bond acceptors (Lipinski definition) is 7. The van der Waals surface area contributed by atoms with Gasteiger partial charge in [0.1, 0.15) is 5.82 Å². The monoisotopic (exact) mass is 397 g/mol. The Labute approximate surface area is 160 Å². The lowest BCUT2D eigenvalue weighted by Gasteiger charge is -2.29. The van der Waals surface area contributed by atoms with Gasteiger partial charge in [0.25, 0.3) is 0 Å². The summed E-state index contributed by atoms with van der Waals surface area (Å²) in [6.45, 7) is 1.31. The second-order valence-corrected chi connectivity index (χ2v) is 7.28. The van der Waals surface area contributed by atoms with E-state index in [-0.39, 0.29) is 31.3 Å². The molecule has 2 aliphatic heterocycles. The van der Waals surface area contributed by atoms with Crippen molar-refractivity contribution in [2.45, 2.75) is 36.8 Å². The first-order chi connectivity index (χ1) is 13.4. The molecule has 2 fully saturated rings. The van der Waals surface area contributed by atoms with Crippen LogP contribution in [-0.2, 0) is 10.3 Å². The molecule has 10 heteroatoms. The first kappa shape index (κ1) is 19.1. The SMILES string of the molecule is CON1CCC(c2noc(C3(C(F)(F)F)CCN(c4ccccn4)C3)n2)CC1. The maximum atomic E-state index is 14.1. The van der Waals surface area contributed by atoms with Gasteiger partial charge in [-0.15, -0.1) is 0 Å². The van der Waals surface area contributed by atoms with Crippen molar-refractivity contribution in [3.63, 3.8) is 0 Å². The van der Waals surface area contributed by atoms with Crippen LogP contribution in [0.3, 0.4) is 0 Å². The highest BCUT2D eigenvalue weighted by Crippen LogP contribution is 2.48. The van der Waals surface area contributed by atoms with Crippen LogP contribution in [0.4, 0.5) is 19.0 Å². The van der Waals surface area contributed by atoms with Crippen LogP contribution in [0.1, 0.15) is 36.9 Å². The molecule has 7 nitrogen and oxygen atoms in total. The molecular weight excluding hydrogens is 375 g/mol. The van der Waals surface area contributed by atoms with Gasteiger partial charge in [0.05, 0.1) is 7.11 Å². The van der Waals surface area contributed by atoms with E-state index >= 15 is 0 Å². The number of anilines is 1. The minimum Gasteiger partial charge on any atom is -0.355 e. The Hall–Kier alpha value is -2.20. The van der Waals surface area contributed by atoms with Crippen molar-refractivity contribution in [3.8, 4) is 0 Å². The van der Waals surface area contributed by atoms with E-state index in [0.717, 1.165) is 0 Å². The minimum absolute atomic E-state index is 0.0255. The number of halogens is 3. The first-order valence-electron chi connectivity index (χ1n) is 9.29. The lowest BCUT2D eigenvalue weighted by molar-refractivity contribution is -0.191. The lowest BCUT2D eigenvalue weighted by Crippen LogP contribution is -2.45. The molecule has 1 unspecified atom stereocenters. The zero-order valence-electron chi connectivity index (χ0n) is 15.5. The van der Waals surface area contributed by atoms with E-state index in [9.17, 15) is 13.2 Å². The van der Waals surface area contributed by atoms with Gasteiger partial charge >= 0.3 is 6.18 Å². The summed E-state index contributed by atoms with van der Waals surface area (Å²) in [6, 6.07) is 5.19. The molecule has 2 aliphatic rings. The Bertz CT molecular complexity index is 792. The normalized spacial score (nSPS) is 24.8. The van der Waals surface area contributed by atoms with Crippen molar-refractivity contribution in [1.29, 1.82) is 0 Å². The first-order valence-corrected chi connectivity index (χ1v) is 9.29. The van der Waals surface area contributed by atoms with Crippen LogP contribution >= 0.6 is 0 Å². The van der Waals surface area contributed by atoms with Crippen molar-refractivity contribution in [2.75, 3.05) is 38.2 Å². The molecular formula is C18H22F3N5O2. The lowest BCUT2D eigenvalue weighted by atomic mass is 9.86. The third-order valence-electron chi connectivity index (χ3n) is 5.71. The van der Waals surface area contributed by atoms with Crippen LogP contribution in [0.2, 0.25) is 0 Å². The third kappa shape index (κ3) is 3.35. The van der Waals surface area contributed by atoms with Gasteiger partial charge in [-0.3, -0.25) is 0 Å². The van der Waals surface area contributed by atoms with Gasteiger partial charge < -0.3 is 14.3 Å². The predicted molar refractivity (Wildman–Crippen MR) is 93.7 cm³/mol. The van der Waals surface area contributed by atoms with Crippen LogP contribution in [0.25, 0.3) is 0 Å². The van der Waals surface area contributed by atoms with Gasteiger partial charge in [0, 0.05) is 38.3 Å². The number of aromatic nitrogens is 3. The van der Waals surface area contributed by atoms with Gasteiger partial charge in [0.15, 0.2) is 11.2 Å². The summed E-state index contributed by atoms with van der Waals surface area (Å²) in [4.78, 5) is 15.2. The number of pyridine rings is 1. The molecule has 0 saturated carbocycles. The fraction of sp³-hybridized carbons (Fsp3) is 0.611. The largest absolute Gasteiger partial charge is 0.405 e. The van der Waals surface area contributed by atoms with Crippen LogP contribution in [-0.4, -0.2) is 59.7 Å². The Morgan fingerprint density at radius 3 is 2.64 bits per heavy atom. The Morgan fingerprint density at radius 2 is 2.00 bits per heavy atom. The Kier molecular flexibility index (Phi) is 5.00. The van der Waals surface area contributed by atoms with Gasteiger partial charge in [-0.2, -0.15) is 23.2 Å². The number of alkyl halides is 3. The molecule has 4 heterocycles. The van der Waals surface area contributed by atoms with Crippen LogP contribution in [0.15, 0.2) is 28.9 Å². The fourth-order valence-electron chi connectivity index (χ4n) is 3.96. The van der Waals surface area contributed by atoms with E-state index < -0.39 is 11.6 Å². The molecule has 0 radical (unpaired) electrons. The highest BCUT2D eigenvalue weighted by molar-refractivity contribution is 5.42. The Balaban J connectivity index is 1.57. The van der Waals surface area contributed by atoms with E-state index in [4.69, 9.17) is 9.36 Å². The number of nitrogens with zero attached hydrogens (tertiary/aromatic N) is 5. The molecule has 0 aliphatic carbocycles. The van der Waals surface area contributed by atoms with Gasteiger partial charge in [-0.05, 0) is 31.4 Å². The van der Waals surface area contributed by atoms with E-state index in [1.54, 1.807) is 36.4 Å². The highest BCUT2D eigenvalue weighted by atomic mass is 19.4. The maximum Gasteiger partial charge on any atom is 0.405 e. The molecule has 0 N–H and O–H groups in total. The molecule has 2 aromatic heterocycles. The highest BCUT2D eigenvalue weighted by Gasteiger charge is 2.63. The van der Waals surface area contributed by atoms with E-state index in [0.29, 0.717) is 37.6 Å². The third-order valence-corrected chi connectivity index (χ3v) is 5.71. The Morgan fingerprint density at radius 1 is 1.21 bits per heavy atom. The fourth-order valence-corrected chi connectivity index (χ4v) is 3.96. The van der Waals surface area contributed by atoms with E-state index in [1.165, 1.54) is 0 Å². The van der Waals surface area contributed by atoms with Gasteiger partial charge in [-0.1, -0.05) is 11.2 Å².